The van der Waals surface area contributed by atoms with Crippen molar-refractivity contribution in [3.63, 3.8) is 0 Å². The molecular weight excluding hydrogens is 312 g/mol. The minimum Gasteiger partial charge on any atom is -0.336 e. The lowest BCUT2D eigenvalue weighted by molar-refractivity contribution is 0.765. The second-order valence-electron chi connectivity index (χ2n) is 5.64. The van der Waals surface area contributed by atoms with Crippen molar-refractivity contribution in [2.24, 2.45) is 0 Å². The van der Waals surface area contributed by atoms with E-state index in [0.29, 0.717) is 0 Å². The molecule has 3 aromatic rings. The minimum absolute atomic E-state index is 0.158. The van der Waals surface area contributed by atoms with Gasteiger partial charge in [0.05, 0.1) is 26.5 Å². The van der Waals surface area contributed by atoms with Gasteiger partial charge in [0.1, 0.15) is 4.83 Å². The second kappa shape index (κ2) is 5.32. The average molecular weight is 332 g/mol. The molecule has 22 heavy (non-hydrogen) atoms. The van der Waals surface area contributed by atoms with Gasteiger partial charge in [-0.05, 0) is 47.1 Å². The van der Waals surface area contributed by atoms with E-state index in [9.17, 15) is 4.79 Å². The molecule has 0 spiro atoms. The van der Waals surface area contributed by atoms with Crippen molar-refractivity contribution >= 4 is 32.9 Å². The third-order valence-corrected chi connectivity index (χ3v) is 6.60. The monoisotopic (exact) mass is 332 g/mol. The number of rotatable bonds is 2. The molecule has 0 aromatic carbocycles. The Morgan fingerprint density at radius 2 is 1.77 bits per heavy atom. The first-order chi connectivity index (χ1) is 10.4. The van der Waals surface area contributed by atoms with Crippen LogP contribution in [0.15, 0.2) is 4.79 Å². The van der Waals surface area contributed by atoms with Crippen LogP contribution in [0.3, 0.4) is 0 Å². The van der Waals surface area contributed by atoms with E-state index in [1.807, 2.05) is 13.8 Å². The molecule has 0 unspecified atom stereocenters. The van der Waals surface area contributed by atoms with E-state index in [-0.39, 0.29) is 5.43 Å². The molecular formula is C17H20N2OS2. The molecule has 3 heterocycles. The molecule has 0 saturated heterocycles. The average Bonchev–Trinajstić information content (AvgIpc) is 2.91. The molecule has 3 rings (SSSR count). The number of thiophene rings is 1. The fourth-order valence-electron chi connectivity index (χ4n) is 3.05. The van der Waals surface area contributed by atoms with Crippen molar-refractivity contribution in [2.45, 2.75) is 48.1 Å². The number of pyridine rings is 1. The van der Waals surface area contributed by atoms with Gasteiger partial charge < -0.3 is 4.57 Å². The Morgan fingerprint density at radius 1 is 1.09 bits per heavy atom. The summed E-state index contributed by atoms with van der Waals surface area (Å²) in [5.41, 5.74) is 4.11. The maximum absolute atomic E-state index is 13.2. The van der Waals surface area contributed by atoms with Gasteiger partial charge in [-0.15, -0.1) is 22.7 Å². The maximum atomic E-state index is 13.2. The van der Waals surface area contributed by atoms with Gasteiger partial charge in [-0.1, -0.05) is 0 Å². The summed E-state index contributed by atoms with van der Waals surface area (Å²) in [7, 11) is 0. The molecule has 0 fully saturated rings. The van der Waals surface area contributed by atoms with Crippen LogP contribution >= 0.6 is 22.7 Å². The summed E-state index contributed by atoms with van der Waals surface area (Å²) in [6.07, 6.45) is 0. The predicted molar refractivity (Wildman–Crippen MR) is 96.6 cm³/mol. The van der Waals surface area contributed by atoms with Crippen LogP contribution in [0.25, 0.3) is 20.7 Å². The zero-order valence-corrected chi connectivity index (χ0v) is 15.5. The fourth-order valence-corrected chi connectivity index (χ4v) is 5.34. The number of aryl methyl sites for hydroxylation is 5. The Balaban J connectivity index is 2.53. The fraction of sp³-hybridized carbons (Fsp3) is 0.412. The van der Waals surface area contributed by atoms with Gasteiger partial charge in [-0.2, -0.15) is 0 Å². The first-order valence-electron chi connectivity index (χ1n) is 7.44. The van der Waals surface area contributed by atoms with Crippen molar-refractivity contribution < 1.29 is 0 Å². The van der Waals surface area contributed by atoms with E-state index in [1.165, 1.54) is 4.88 Å². The minimum atomic E-state index is 0.158. The van der Waals surface area contributed by atoms with Gasteiger partial charge in [-0.25, -0.2) is 4.98 Å². The Hall–Kier alpha value is -1.46. The van der Waals surface area contributed by atoms with Crippen LogP contribution < -0.4 is 5.43 Å². The highest BCUT2D eigenvalue weighted by atomic mass is 32.1. The standard InChI is InChI=1S/C17H20N2OS2/c1-7-19-10(4)14(16-9(3)18-12(6)22-16)15(20)13-8(2)11(5)21-17(13)19/h7H2,1-6H3. The third-order valence-electron chi connectivity index (χ3n) is 4.28. The quantitative estimate of drug-likeness (QED) is 0.679. The molecule has 0 saturated carbocycles. The number of hydrogen-bond donors (Lipinski definition) is 0. The van der Waals surface area contributed by atoms with Gasteiger partial charge in [0, 0.05) is 17.1 Å². The summed E-state index contributed by atoms with van der Waals surface area (Å²) >= 11 is 3.34. The first-order valence-corrected chi connectivity index (χ1v) is 9.07. The molecule has 0 aliphatic carbocycles. The van der Waals surface area contributed by atoms with Gasteiger partial charge in [0.2, 0.25) is 0 Å². The van der Waals surface area contributed by atoms with Crippen LogP contribution in [-0.2, 0) is 6.54 Å². The highest BCUT2D eigenvalue weighted by Crippen LogP contribution is 2.35. The van der Waals surface area contributed by atoms with Crippen molar-refractivity contribution in [2.75, 3.05) is 0 Å². The van der Waals surface area contributed by atoms with Crippen molar-refractivity contribution in [3.05, 3.63) is 37.1 Å². The van der Waals surface area contributed by atoms with Gasteiger partial charge in [0.25, 0.3) is 0 Å². The summed E-state index contributed by atoms with van der Waals surface area (Å²) in [6, 6.07) is 0. The van der Waals surface area contributed by atoms with Gasteiger partial charge in [0.15, 0.2) is 5.43 Å². The molecule has 5 heteroatoms. The number of thiazole rings is 1. The van der Waals surface area contributed by atoms with E-state index in [4.69, 9.17) is 0 Å². The number of nitrogens with zero attached hydrogens (tertiary/aromatic N) is 2. The highest BCUT2D eigenvalue weighted by Gasteiger charge is 2.21. The van der Waals surface area contributed by atoms with Crippen LogP contribution in [0.4, 0.5) is 0 Å². The zero-order valence-electron chi connectivity index (χ0n) is 13.8. The molecule has 116 valence electrons. The maximum Gasteiger partial charge on any atom is 0.199 e. The summed E-state index contributed by atoms with van der Waals surface area (Å²) in [6.45, 7) is 13.2. The molecule has 0 atom stereocenters. The SMILES string of the molecule is CCn1c(C)c(-c2sc(C)nc2C)c(=O)c2c(C)c(C)sc21. The molecule has 3 aromatic heterocycles. The zero-order chi connectivity index (χ0) is 16.2. The third kappa shape index (κ3) is 2.07. The van der Waals surface area contributed by atoms with E-state index in [2.05, 4.69) is 37.2 Å². The molecule has 0 amide bonds. The topological polar surface area (TPSA) is 34.9 Å². The van der Waals surface area contributed by atoms with Crippen LogP contribution in [0.5, 0.6) is 0 Å². The molecule has 0 radical (unpaired) electrons. The largest absolute Gasteiger partial charge is 0.336 e. The van der Waals surface area contributed by atoms with Crippen molar-refractivity contribution in [1.29, 1.82) is 0 Å². The summed E-state index contributed by atoms with van der Waals surface area (Å²) in [5.74, 6) is 0. The number of fused-ring (bicyclic) bond motifs is 1. The summed E-state index contributed by atoms with van der Waals surface area (Å²) in [4.78, 5) is 21.0. The normalized spacial score (nSPS) is 11.5. The predicted octanol–water partition coefficient (Wildman–Crippen LogP) is 4.75. The number of hydrogen-bond acceptors (Lipinski definition) is 4. The number of aromatic nitrogens is 2. The Bertz CT molecular complexity index is 944. The summed E-state index contributed by atoms with van der Waals surface area (Å²) in [5, 5.41) is 1.89. The van der Waals surface area contributed by atoms with E-state index in [1.54, 1.807) is 22.7 Å². The Kier molecular flexibility index (Phi) is 3.73. The highest BCUT2D eigenvalue weighted by molar-refractivity contribution is 7.19. The van der Waals surface area contributed by atoms with Crippen LogP contribution in [-0.4, -0.2) is 9.55 Å². The smallest absolute Gasteiger partial charge is 0.199 e. The molecule has 0 bridgehead atoms. The first kappa shape index (κ1) is 15.4. The molecule has 3 nitrogen and oxygen atoms in total. The Labute approximate surface area is 138 Å². The van der Waals surface area contributed by atoms with Crippen LogP contribution in [0.2, 0.25) is 0 Å². The molecule has 0 aliphatic heterocycles. The van der Waals surface area contributed by atoms with E-state index >= 15 is 0 Å². The lowest BCUT2D eigenvalue weighted by atomic mass is 10.1. The van der Waals surface area contributed by atoms with Crippen molar-refractivity contribution in [3.8, 4) is 10.4 Å². The van der Waals surface area contributed by atoms with Crippen molar-refractivity contribution in [1.82, 2.24) is 9.55 Å². The van der Waals surface area contributed by atoms with Crippen LogP contribution in [0, 0.1) is 34.6 Å². The van der Waals surface area contributed by atoms with Crippen LogP contribution in [0.1, 0.15) is 33.8 Å². The molecule has 0 N–H and O–H groups in total. The summed E-state index contributed by atoms with van der Waals surface area (Å²) < 4.78 is 2.27. The van der Waals surface area contributed by atoms with E-state index < -0.39 is 0 Å². The lowest BCUT2D eigenvalue weighted by Gasteiger charge is -2.14. The second-order valence-corrected chi connectivity index (χ2v) is 8.05. The van der Waals surface area contributed by atoms with E-state index in [0.717, 1.165) is 49.2 Å². The molecule has 0 aliphatic rings. The van der Waals surface area contributed by atoms with Gasteiger partial charge >= 0.3 is 0 Å². The Morgan fingerprint density at radius 3 is 2.32 bits per heavy atom. The van der Waals surface area contributed by atoms with Gasteiger partial charge in [-0.3, -0.25) is 4.79 Å². The lowest BCUT2D eigenvalue weighted by Crippen LogP contribution is -2.15.